The lowest BCUT2D eigenvalue weighted by Crippen LogP contribution is -1.93. The van der Waals surface area contributed by atoms with Gasteiger partial charge < -0.3 is 9.88 Å². The minimum atomic E-state index is 1.03. The molecule has 2 heteroatoms. The molecule has 2 nitrogen and oxygen atoms in total. The third kappa shape index (κ3) is 11.1. The maximum Gasteiger partial charge on any atom is 0.0541 e. The Bertz CT molecular complexity index is 3240. The summed E-state index contributed by atoms with van der Waals surface area (Å²) in [5, 5.41) is 5.92. The molecule has 0 amide bonds. The summed E-state index contributed by atoms with van der Waals surface area (Å²) in [6, 6.07) is 71.6. The van der Waals surface area contributed by atoms with Gasteiger partial charge in [-0.25, -0.2) is 0 Å². The minimum Gasteiger partial charge on any atom is -0.362 e. The molecule has 0 unspecified atom stereocenters. The van der Waals surface area contributed by atoms with Crippen LogP contribution in [0.5, 0.6) is 0 Å². The van der Waals surface area contributed by atoms with Crippen molar-refractivity contribution < 1.29 is 0 Å². The number of benzene rings is 8. The standard InChI is InChI=1S/C61H48N2.C4H8/c1-3-16-46(17-4-2)50-31-28-45(29-32-50)27-30-49(24-15-41-62-56-37-33-51(34-38-56)47-18-8-5-9-19-47)52-22-14-23-53(42-52)55-36-40-61-59(44-55)58-43-54(48-20-10-6-11-21-48)35-39-60(58)63(61)57-25-12-7-13-26-57;1-3-4-2/h3-44,62H,1H2,2H3;3-4H,1-2H3/b17-4-,30-27-,41-15+,46-16+,49-24+;4-3-. The van der Waals surface area contributed by atoms with Gasteiger partial charge in [-0.1, -0.05) is 207 Å². The third-order valence-electron chi connectivity index (χ3n) is 11.7. The molecule has 0 radical (unpaired) electrons. The molecule has 1 aromatic heterocycles. The molecule has 67 heavy (non-hydrogen) atoms. The Kier molecular flexibility index (Phi) is 15.1. The highest BCUT2D eigenvalue weighted by Gasteiger charge is 2.15. The van der Waals surface area contributed by atoms with Gasteiger partial charge in [0.2, 0.25) is 0 Å². The van der Waals surface area contributed by atoms with Crippen LogP contribution >= 0.6 is 0 Å². The molecule has 0 spiro atoms. The van der Waals surface area contributed by atoms with E-state index >= 15 is 0 Å². The number of fused-ring (bicyclic) bond motifs is 3. The molecular formula is C65H56N2. The minimum absolute atomic E-state index is 1.03. The van der Waals surface area contributed by atoms with E-state index in [1.807, 2.05) is 57.3 Å². The zero-order valence-electron chi connectivity index (χ0n) is 38.6. The SMILES string of the molecule is C/C=C\C.C=C/C=C(\C=C/C)c1ccc(\C=C/C(=C\C=C\Nc2ccc(-c3ccccc3)cc2)c2cccc(-c3ccc4c(c3)c3cc(-c5ccccc5)ccc3n4-c3ccccc3)c2)cc1. The number of nitrogens with zero attached hydrogens (tertiary/aromatic N) is 1. The predicted octanol–water partition coefficient (Wildman–Crippen LogP) is 18.2. The summed E-state index contributed by atoms with van der Waals surface area (Å²) in [6.07, 6.45) is 22.7. The molecule has 0 fully saturated rings. The second-order valence-electron chi connectivity index (χ2n) is 16.1. The Morgan fingerprint density at radius 3 is 1.57 bits per heavy atom. The highest BCUT2D eigenvalue weighted by Crippen LogP contribution is 2.38. The van der Waals surface area contributed by atoms with Crippen molar-refractivity contribution >= 4 is 44.7 Å². The van der Waals surface area contributed by atoms with Gasteiger partial charge in [0.25, 0.3) is 0 Å². The topological polar surface area (TPSA) is 17.0 Å². The fourth-order valence-corrected chi connectivity index (χ4v) is 8.21. The van der Waals surface area contributed by atoms with Gasteiger partial charge in [0.15, 0.2) is 0 Å². The van der Waals surface area contributed by atoms with Crippen molar-refractivity contribution in [1.29, 1.82) is 0 Å². The summed E-state index contributed by atoms with van der Waals surface area (Å²) in [7, 11) is 0. The summed E-state index contributed by atoms with van der Waals surface area (Å²) >= 11 is 0. The lowest BCUT2D eigenvalue weighted by Gasteiger charge is -2.09. The fourth-order valence-electron chi connectivity index (χ4n) is 8.21. The molecule has 1 heterocycles. The molecule has 0 saturated heterocycles. The highest BCUT2D eigenvalue weighted by atomic mass is 15.0. The van der Waals surface area contributed by atoms with Crippen molar-refractivity contribution in [2.75, 3.05) is 5.32 Å². The van der Waals surface area contributed by atoms with E-state index in [0.717, 1.165) is 44.8 Å². The maximum atomic E-state index is 3.90. The number of para-hydroxylation sites is 1. The Hall–Kier alpha value is -8.46. The molecule has 0 bridgehead atoms. The molecule has 0 atom stereocenters. The van der Waals surface area contributed by atoms with E-state index < -0.39 is 0 Å². The van der Waals surface area contributed by atoms with Gasteiger partial charge in [0, 0.05) is 28.3 Å². The van der Waals surface area contributed by atoms with Crippen LogP contribution in [-0.4, -0.2) is 4.57 Å². The van der Waals surface area contributed by atoms with Gasteiger partial charge in [0.05, 0.1) is 11.0 Å². The van der Waals surface area contributed by atoms with Crippen LogP contribution in [0.1, 0.15) is 37.5 Å². The number of hydrogen-bond donors (Lipinski definition) is 1. The molecule has 1 N–H and O–H groups in total. The largest absolute Gasteiger partial charge is 0.362 e. The molecule has 0 aliphatic carbocycles. The maximum absolute atomic E-state index is 3.90. The Labute approximate surface area is 396 Å². The second kappa shape index (κ2) is 22.4. The van der Waals surface area contributed by atoms with Gasteiger partial charge in [-0.2, -0.15) is 0 Å². The van der Waals surface area contributed by atoms with Gasteiger partial charge >= 0.3 is 0 Å². The van der Waals surface area contributed by atoms with E-state index in [-0.39, 0.29) is 0 Å². The van der Waals surface area contributed by atoms with Crippen molar-refractivity contribution in [3.63, 3.8) is 0 Å². The lowest BCUT2D eigenvalue weighted by molar-refractivity contribution is 1.18. The van der Waals surface area contributed by atoms with Crippen LogP contribution < -0.4 is 5.32 Å². The van der Waals surface area contributed by atoms with Gasteiger partial charge in [0.1, 0.15) is 0 Å². The lowest BCUT2D eigenvalue weighted by atomic mass is 9.96. The summed E-state index contributed by atoms with van der Waals surface area (Å²) in [5.41, 5.74) is 17.3. The van der Waals surface area contributed by atoms with Gasteiger partial charge in [-0.05, 0) is 143 Å². The molecule has 0 aliphatic rings. The number of aromatic nitrogens is 1. The van der Waals surface area contributed by atoms with Crippen LogP contribution in [0.4, 0.5) is 5.69 Å². The first-order valence-electron chi connectivity index (χ1n) is 23.0. The zero-order valence-corrected chi connectivity index (χ0v) is 38.6. The molecule has 9 aromatic rings. The number of hydrogen-bond acceptors (Lipinski definition) is 1. The molecule has 0 aliphatic heterocycles. The summed E-state index contributed by atoms with van der Waals surface area (Å²) < 4.78 is 2.38. The van der Waals surface area contributed by atoms with Crippen LogP contribution in [0.15, 0.2) is 268 Å². The van der Waals surface area contributed by atoms with E-state index in [0.29, 0.717) is 0 Å². The van der Waals surface area contributed by atoms with Crippen molar-refractivity contribution in [2.24, 2.45) is 0 Å². The van der Waals surface area contributed by atoms with Crippen LogP contribution in [-0.2, 0) is 0 Å². The van der Waals surface area contributed by atoms with E-state index in [4.69, 9.17) is 0 Å². The number of nitrogens with one attached hydrogen (secondary N) is 1. The molecule has 326 valence electrons. The Morgan fingerprint density at radius 2 is 0.970 bits per heavy atom. The monoisotopic (exact) mass is 864 g/mol. The van der Waals surface area contributed by atoms with Gasteiger partial charge in [-0.3, -0.25) is 0 Å². The smallest absolute Gasteiger partial charge is 0.0541 e. The van der Waals surface area contributed by atoms with E-state index in [9.17, 15) is 0 Å². The Balaban J connectivity index is 0.00000146. The average molecular weight is 865 g/mol. The van der Waals surface area contributed by atoms with Crippen molar-refractivity contribution in [3.8, 4) is 39.1 Å². The number of anilines is 1. The quantitative estimate of drug-likeness (QED) is 0.0902. The van der Waals surface area contributed by atoms with Crippen molar-refractivity contribution in [2.45, 2.75) is 20.8 Å². The first-order valence-corrected chi connectivity index (χ1v) is 23.0. The first-order chi connectivity index (χ1) is 33.1. The van der Waals surface area contributed by atoms with Crippen LogP contribution in [0.2, 0.25) is 0 Å². The van der Waals surface area contributed by atoms with Crippen molar-refractivity contribution in [1.82, 2.24) is 4.57 Å². The molecule has 8 aromatic carbocycles. The van der Waals surface area contributed by atoms with Crippen LogP contribution in [0.3, 0.4) is 0 Å². The summed E-state index contributed by atoms with van der Waals surface area (Å²) in [4.78, 5) is 0. The highest BCUT2D eigenvalue weighted by molar-refractivity contribution is 6.11. The van der Waals surface area contributed by atoms with Crippen LogP contribution in [0, 0.1) is 0 Å². The molecular weight excluding hydrogens is 809 g/mol. The molecule has 0 saturated carbocycles. The summed E-state index contributed by atoms with van der Waals surface area (Å²) in [6.45, 7) is 9.94. The van der Waals surface area contributed by atoms with Crippen molar-refractivity contribution in [3.05, 3.63) is 284 Å². The van der Waals surface area contributed by atoms with Crippen LogP contribution in [0.25, 0.3) is 78.1 Å². The zero-order chi connectivity index (χ0) is 46.2. The first kappa shape index (κ1) is 45.1. The van der Waals surface area contributed by atoms with E-state index in [1.165, 1.54) is 49.6 Å². The number of allylic oxidation sites excluding steroid dienone is 11. The predicted molar refractivity (Wildman–Crippen MR) is 293 cm³/mol. The Morgan fingerprint density at radius 1 is 0.448 bits per heavy atom. The second-order valence-corrected chi connectivity index (χ2v) is 16.1. The normalized spacial score (nSPS) is 12.1. The molecule has 9 rings (SSSR count). The van der Waals surface area contributed by atoms with E-state index in [2.05, 4.69) is 247 Å². The summed E-state index contributed by atoms with van der Waals surface area (Å²) in [5.74, 6) is 0. The van der Waals surface area contributed by atoms with E-state index in [1.54, 1.807) is 0 Å². The van der Waals surface area contributed by atoms with Gasteiger partial charge in [-0.15, -0.1) is 0 Å². The average Bonchev–Trinajstić information content (AvgIpc) is 3.72. The third-order valence-corrected chi connectivity index (χ3v) is 11.7. The fraction of sp³-hybridized carbons (Fsp3) is 0.0462. The number of rotatable bonds is 13.